The van der Waals surface area contributed by atoms with E-state index in [1.54, 1.807) is 0 Å². The van der Waals surface area contributed by atoms with Gasteiger partial charge in [0, 0.05) is 24.0 Å². The van der Waals surface area contributed by atoms with E-state index in [0.717, 1.165) is 18.9 Å². The van der Waals surface area contributed by atoms with Gasteiger partial charge in [-0.05, 0) is 31.1 Å². The fourth-order valence-electron chi connectivity index (χ4n) is 2.75. The molecule has 3 nitrogen and oxygen atoms in total. The van der Waals surface area contributed by atoms with E-state index in [2.05, 4.69) is 25.8 Å². The lowest BCUT2D eigenvalue weighted by atomic mass is 9.77. The quantitative estimate of drug-likeness (QED) is 0.878. The highest BCUT2D eigenvalue weighted by Gasteiger charge is 2.35. The minimum atomic E-state index is 0.188. The highest BCUT2D eigenvalue weighted by Crippen LogP contribution is 2.44. The van der Waals surface area contributed by atoms with Gasteiger partial charge in [-0.15, -0.1) is 0 Å². The molecular formula is C13H21N3S. The van der Waals surface area contributed by atoms with Crippen LogP contribution in [0.1, 0.15) is 49.7 Å². The Hall–Kier alpha value is -0.610. The van der Waals surface area contributed by atoms with Crippen molar-refractivity contribution in [1.82, 2.24) is 4.98 Å². The molecule has 2 aliphatic rings. The topological polar surface area (TPSA) is 42.2 Å². The van der Waals surface area contributed by atoms with Crippen molar-refractivity contribution in [3.8, 4) is 0 Å². The van der Waals surface area contributed by atoms with Gasteiger partial charge < -0.3 is 10.6 Å². The van der Waals surface area contributed by atoms with Crippen LogP contribution in [-0.4, -0.2) is 18.1 Å². The number of rotatable bonds is 2. The van der Waals surface area contributed by atoms with Crippen LogP contribution in [0.5, 0.6) is 0 Å². The first kappa shape index (κ1) is 11.5. The third-order valence-electron chi connectivity index (χ3n) is 3.87. The molecule has 0 bridgehead atoms. The number of hydrogen-bond acceptors (Lipinski definition) is 4. The van der Waals surface area contributed by atoms with Crippen LogP contribution < -0.4 is 10.6 Å². The van der Waals surface area contributed by atoms with Gasteiger partial charge in [-0.25, -0.2) is 4.98 Å². The van der Waals surface area contributed by atoms with E-state index in [0.29, 0.717) is 5.41 Å². The number of anilines is 1. The highest BCUT2D eigenvalue weighted by molar-refractivity contribution is 7.15. The first-order valence-corrected chi connectivity index (χ1v) is 7.26. The summed E-state index contributed by atoms with van der Waals surface area (Å²) in [6.45, 7) is 4.58. The maximum atomic E-state index is 6.28. The predicted molar refractivity (Wildman–Crippen MR) is 72.6 cm³/mol. The summed E-state index contributed by atoms with van der Waals surface area (Å²) in [4.78, 5) is 8.48. The van der Waals surface area contributed by atoms with Crippen molar-refractivity contribution in [1.29, 1.82) is 0 Å². The average Bonchev–Trinajstić information content (AvgIpc) is 2.96. The Morgan fingerprint density at radius 1 is 1.41 bits per heavy atom. The number of thiazole rings is 1. The fourth-order valence-corrected chi connectivity index (χ4v) is 3.87. The van der Waals surface area contributed by atoms with Crippen LogP contribution in [0.15, 0.2) is 0 Å². The largest absolute Gasteiger partial charge is 0.348 e. The Morgan fingerprint density at radius 3 is 2.76 bits per heavy atom. The lowest BCUT2D eigenvalue weighted by Gasteiger charge is -2.32. The lowest BCUT2D eigenvalue weighted by molar-refractivity contribution is 0.282. The average molecular weight is 251 g/mol. The van der Waals surface area contributed by atoms with Crippen LogP contribution in [-0.2, 0) is 6.42 Å². The summed E-state index contributed by atoms with van der Waals surface area (Å²) in [5.41, 5.74) is 7.83. The van der Waals surface area contributed by atoms with Gasteiger partial charge in [0.2, 0.25) is 0 Å². The normalized spacial score (nSPS) is 26.7. The van der Waals surface area contributed by atoms with Crippen molar-refractivity contribution in [3.63, 3.8) is 0 Å². The Morgan fingerprint density at radius 2 is 2.12 bits per heavy atom. The molecule has 0 aromatic carbocycles. The number of nitrogens with zero attached hydrogens (tertiary/aromatic N) is 2. The molecule has 17 heavy (non-hydrogen) atoms. The molecule has 0 aliphatic heterocycles. The summed E-state index contributed by atoms with van der Waals surface area (Å²) in [5, 5.41) is 1.17. The Labute approximate surface area is 107 Å². The zero-order valence-corrected chi connectivity index (χ0v) is 11.7. The fraction of sp³-hybridized carbons (Fsp3) is 0.769. The smallest absolute Gasteiger partial charge is 0.185 e. The van der Waals surface area contributed by atoms with Crippen LogP contribution in [0.4, 0.5) is 5.13 Å². The summed E-state index contributed by atoms with van der Waals surface area (Å²) in [6, 6.07) is 0.916. The molecule has 94 valence electrons. The highest BCUT2D eigenvalue weighted by atomic mass is 32.1. The molecule has 4 heteroatoms. The molecule has 2 aliphatic carbocycles. The molecule has 0 spiro atoms. The number of fused-ring (bicyclic) bond motifs is 1. The molecule has 0 radical (unpaired) electrons. The van der Waals surface area contributed by atoms with Gasteiger partial charge in [0.25, 0.3) is 0 Å². The van der Waals surface area contributed by atoms with E-state index in [9.17, 15) is 0 Å². The SMILES string of the molecule is CN(c1nc2c(s1)C(N)CC(C)(C)C2)C1CC1. The van der Waals surface area contributed by atoms with Gasteiger partial charge >= 0.3 is 0 Å². The van der Waals surface area contributed by atoms with Crippen molar-refractivity contribution in [3.05, 3.63) is 10.6 Å². The van der Waals surface area contributed by atoms with Gasteiger partial charge in [0.1, 0.15) is 0 Å². The van der Waals surface area contributed by atoms with Crippen LogP contribution in [0.3, 0.4) is 0 Å². The molecule has 1 atom stereocenters. The number of aromatic nitrogens is 1. The second-order valence-electron chi connectivity index (χ2n) is 6.30. The molecule has 0 saturated heterocycles. The molecule has 1 unspecified atom stereocenters. The van der Waals surface area contributed by atoms with Crippen LogP contribution >= 0.6 is 11.3 Å². The second kappa shape index (κ2) is 3.69. The van der Waals surface area contributed by atoms with E-state index in [4.69, 9.17) is 10.7 Å². The van der Waals surface area contributed by atoms with Crippen LogP contribution in [0, 0.1) is 5.41 Å². The van der Waals surface area contributed by atoms with Gasteiger partial charge in [-0.1, -0.05) is 25.2 Å². The van der Waals surface area contributed by atoms with Crippen molar-refractivity contribution in [2.45, 2.75) is 51.6 Å². The van der Waals surface area contributed by atoms with E-state index in [1.165, 1.54) is 28.5 Å². The summed E-state index contributed by atoms with van der Waals surface area (Å²) in [5.74, 6) is 0. The maximum absolute atomic E-state index is 6.28. The van der Waals surface area contributed by atoms with Crippen molar-refractivity contribution in [2.24, 2.45) is 11.1 Å². The Balaban J connectivity index is 1.91. The Bertz CT molecular complexity index is 434. The van der Waals surface area contributed by atoms with Gasteiger partial charge in [-0.3, -0.25) is 0 Å². The summed E-state index contributed by atoms with van der Waals surface area (Å²) < 4.78 is 0. The zero-order valence-electron chi connectivity index (χ0n) is 10.9. The molecule has 1 saturated carbocycles. The van der Waals surface area contributed by atoms with Gasteiger partial charge in [0.05, 0.1) is 5.69 Å². The molecule has 2 N–H and O–H groups in total. The van der Waals surface area contributed by atoms with E-state index >= 15 is 0 Å². The molecule has 1 fully saturated rings. The molecule has 1 aromatic heterocycles. The first-order chi connectivity index (χ1) is 7.96. The third-order valence-corrected chi connectivity index (χ3v) is 5.19. The zero-order chi connectivity index (χ0) is 12.2. The summed E-state index contributed by atoms with van der Waals surface area (Å²) in [7, 11) is 2.17. The summed E-state index contributed by atoms with van der Waals surface area (Å²) >= 11 is 1.81. The number of nitrogens with two attached hydrogens (primary N) is 1. The molecular weight excluding hydrogens is 230 g/mol. The van der Waals surface area contributed by atoms with Crippen molar-refractivity contribution >= 4 is 16.5 Å². The number of hydrogen-bond donors (Lipinski definition) is 1. The predicted octanol–water partition coefficient (Wildman–Crippen LogP) is 2.71. The Kier molecular flexibility index (Phi) is 2.49. The van der Waals surface area contributed by atoms with Crippen LogP contribution in [0.2, 0.25) is 0 Å². The third kappa shape index (κ3) is 2.08. The first-order valence-electron chi connectivity index (χ1n) is 6.44. The molecule has 1 aromatic rings. The lowest BCUT2D eigenvalue weighted by Crippen LogP contribution is -2.28. The minimum absolute atomic E-state index is 0.188. The summed E-state index contributed by atoms with van der Waals surface area (Å²) in [6.07, 6.45) is 4.79. The monoisotopic (exact) mass is 251 g/mol. The van der Waals surface area contributed by atoms with Crippen molar-refractivity contribution in [2.75, 3.05) is 11.9 Å². The van der Waals surface area contributed by atoms with Gasteiger partial charge in [-0.2, -0.15) is 0 Å². The van der Waals surface area contributed by atoms with E-state index in [-0.39, 0.29) is 6.04 Å². The van der Waals surface area contributed by atoms with Crippen LogP contribution in [0.25, 0.3) is 0 Å². The molecule has 1 heterocycles. The minimum Gasteiger partial charge on any atom is -0.348 e. The molecule has 0 amide bonds. The van der Waals surface area contributed by atoms with E-state index in [1.807, 2.05) is 11.3 Å². The molecule has 3 rings (SSSR count). The van der Waals surface area contributed by atoms with E-state index < -0.39 is 0 Å². The second-order valence-corrected chi connectivity index (χ2v) is 7.31. The van der Waals surface area contributed by atoms with Crippen molar-refractivity contribution < 1.29 is 0 Å². The van der Waals surface area contributed by atoms with Gasteiger partial charge in [0.15, 0.2) is 5.13 Å². The maximum Gasteiger partial charge on any atom is 0.185 e. The standard InChI is InChI=1S/C13H21N3S/c1-13(2)6-9(14)11-10(7-13)15-12(17-11)16(3)8-4-5-8/h8-9H,4-7,14H2,1-3H3.